The predicted molar refractivity (Wildman–Crippen MR) is 105 cm³/mol. The largest absolute Gasteiger partial charge is 0.485 e. The van der Waals surface area contributed by atoms with Gasteiger partial charge in [-0.25, -0.2) is 26.7 Å². The number of amides is 1. The lowest BCUT2D eigenvalue weighted by Crippen LogP contribution is -2.46. The van der Waals surface area contributed by atoms with Crippen LogP contribution in [0.3, 0.4) is 0 Å². The highest BCUT2D eigenvalue weighted by Crippen LogP contribution is 2.26. The smallest absolute Gasteiger partial charge is 0.328 e. The summed E-state index contributed by atoms with van der Waals surface area (Å²) >= 11 is 0. The normalized spacial score (nSPS) is 18.6. The van der Waals surface area contributed by atoms with Crippen LogP contribution in [0.2, 0.25) is 0 Å². The Morgan fingerprint density at radius 1 is 1.10 bits per heavy atom. The third-order valence-electron chi connectivity index (χ3n) is 4.73. The number of sulfonamides is 1. The van der Waals surface area contributed by atoms with E-state index < -0.39 is 57.1 Å². The Kier molecular flexibility index (Phi) is 6.86. The van der Waals surface area contributed by atoms with Crippen LogP contribution in [0.5, 0.6) is 5.75 Å². The van der Waals surface area contributed by atoms with Crippen LogP contribution in [-0.2, 0) is 24.3 Å². The molecule has 166 valence electrons. The summed E-state index contributed by atoms with van der Waals surface area (Å²) in [7, 11) is -3.15. The number of para-hydroxylation sites is 1. The van der Waals surface area contributed by atoms with Gasteiger partial charge < -0.3 is 14.4 Å². The van der Waals surface area contributed by atoms with E-state index in [2.05, 4.69) is 0 Å². The average Bonchev–Trinajstić information content (AvgIpc) is 3.17. The summed E-state index contributed by atoms with van der Waals surface area (Å²) in [5.74, 6) is -3.06. The number of carbonyl (C=O) groups is 2. The van der Waals surface area contributed by atoms with E-state index in [1.165, 1.54) is 30.3 Å². The van der Waals surface area contributed by atoms with Crippen molar-refractivity contribution in [3.63, 3.8) is 0 Å². The summed E-state index contributed by atoms with van der Waals surface area (Å²) < 4.78 is 64.6. The van der Waals surface area contributed by atoms with Crippen molar-refractivity contribution in [2.75, 3.05) is 20.2 Å². The van der Waals surface area contributed by atoms with Crippen molar-refractivity contribution in [3.8, 4) is 5.75 Å². The van der Waals surface area contributed by atoms with Crippen molar-refractivity contribution < 1.29 is 36.3 Å². The molecule has 1 aliphatic rings. The van der Waals surface area contributed by atoms with Crippen LogP contribution < -0.4 is 9.46 Å². The second kappa shape index (κ2) is 9.40. The number of methoxy groups -OCH3 is 1. The van der Waals surface area contributed by atoms with E-state index in [1.54, 1.807) is 6.07 Å². The molecule has 2 unspecified atom stereocenters. The van der Waals surface area contributed by atoms with Gasteiger partial charge in [0.15, 0.2) is 11.6 Å². The minimum Gasteiger partial charge on any atom is -0.485 e. The standard InChI is InChI=1S/C20H20F2N2O6S/c1-29-20(26)16-10-13(30-17-8-4-2-6-14(17)21)12-24(16)19(25)11-23-31(27,28)18-9-5-3-7-15(18)22/h2-9,13,16,23H,10-12H2,1H3. The predicted octanol–water partition coefficient (Wildman–Crippen LogP) is 1.46. The molecular formula is C20H20F2N2O6S. The molecule has 2 aromatic carbocycles. The van der Waals surface area contributed by atoms with Crippen molar-refractivity contribution in [1.29, 1.82) is 0 Å². The van der Waals surface area contributed by atoms with Crippen molar-refractivity contribution in [1.82, 2.24) is 9.62 Å². The van der Waals surface area contributed by atoms with Crippen LogP contribution in [-0.4, -0.2) is 57.5 Å². The van der Waals surface area contributed by atoms with Crippen molar-refractivity contribution in [2.24, 2.45) is 0 Å². The molecule has 1 saturated heterocycles. The maximum Gasteiger partial charge on any atom is 0.328 e. The summed E-state index contributed by atoms with van der Waals surface area (Å²) in [4.78, 5) is 25.3. The summed E-state index contributed by atoms with van der Waals surface area (Å²) in [5, 5.41) is 0. The van der Waals surface area contributed by atoms with Crippen molar-refractivity contribution in [2.45, 2.75) is 23.5 Å². The fraction of sp³-hybridized carbons (Fsp3) is 0.300. The number of nitrogens with one attached hydrogen (secondary N) is 1. The lowest BCUT2D eigenvalue weighted by Gasteiger charge is -2.22. The number of benzene rings is 2. The van der Waals surface area contributed by atoms with E-state index in [4.69, 9.17) is 9.47 Å². The first-order valence-corrected chi connectivity index (χ1v) is 10.7. The maximum atomic E-state index is 13.9. The molecule has 0 aliphatic carbocycles. The molecule has 1 aliphatic heterocycles. The van der Waals surface area contributed by atoms with Gasteiger partial charge in [0.25, 0.3) is 0 Å². The molecule has 3 rings (SSSR count). The molecule has 0 radical (unpaired) electrons. The molecular weight excluding hydrogens is 434 g/mol. The Morgan fingerprint density at radius 2 is 1.74 bits per heavy atom. The van der Waals surface area contributed by atoms with Gasteiger partial charge in [0.05, 0.1) is 20.2 Å². The molecule has 2 atom stereocenters. The zero-order valence-electron chi connectivity index (χ0n) is 16.5. The van der Waals surface area contributed by atoms with Gasteiger partial charge in [-0.3, -0.25) is 4.79 Å². The Morgan fingerprint density at radius 3 is 2.39 bits per heavy atom. The average molecular weight is 454 g/mol. The van der Waals surface area contributed by atoms with E-state index in [9.17, 15) is 26.8 Å². The third kappa shape index (κ3) is 5.17. The number of carbonyl (C=O) groups excluding carboxylic acids is 2. The second-order valence-corrected chi connectivity index (χ2v) is 8.48. The number of esters is 1. The van der Waals surface area contributed by atoms with E-state index in [0.29, 0.717) is 0 Å². The molecule has 2 aromatic rings. The second-order valence-electron chi connectivity index (χ2n) is 6.75. The summed E-state index contributed by atoms with van der Waals surface area (Å²) in [6.07, 6.45) is -0.680. The molecule has 1 amide bonds. The molecule has 8 nitrogen and oxygen atoms in total. The van der Waals surface area contributed by atoms with E-state index in [1.807, 2.05) is 4.72 Å². The minimum absolute atomic E-state index is 0.0345. The van der Waals surface area contributed by atoms with Crippen molar-refractivity contribution >= 4 is 21.9 Å². The lowest BCUT2D eigenvalue weighted by atomic mass is 10.2. The van der Waals surface area contributed by atoms with Gasteiger partial charge in [-0.2, -0.15) is 0 Å². The highest BCUT2D eigenvalue weighted by Gasteiger charge is 2.41. The van der Waals surface area contributed by atoms with Gasteiger partial charge in [0, 0.05) is 6.42 Å². The van der Waals surface area contributed by atoms with Crippen LogP contribution in [0.1, 0.15) is 6.42 Å². The highest BCUT2D eigenvalue weighted by atomic mass is 32.2. The number of hydrogen-bond donors (Lipinski definition) is 1. The van der Waals surface area contributed by atoms with Gasteiger partial charge in [0.1, 0.15) is 22.9 Å². The number of hydrogen-bond acceptors (Lipinski definition) is 6. The lowest BCUT2D eigenvalue weighted by molar-refractivity contribution is -0.150. The SMILES string of the molecule is COC(=O)C1CC(Oc2ccccc2F)CN1C(=O)CNS(=O)(=O)c1ccccc1F. The molecule has 0 saturated carbocycles. The van der Waals surface area contributed by atoms with Gasteiger partial charge >= 0.3 is 5.97 Å². The van der Waals surface area contributed by atoms with Gasteiger partial charge in [0.2, 0.25) is 15.9 Å². The third-order valence-corrected chi connectivity index (χ3v) is 6.16. The zero-order valence-corrected chi connectivity index (χ0v) is 17.3. The van der Waals surface area contributed by atoms with E-state index >= 15 is 0 Å². The number of nitrogens with zero attached hydrogens (tertiary/aromatic N) is 1. The van der Waals surface area contributed by atoms with Crippen molar-refractivity contribution in [3.05, 3.63) is 60.2 Å². The first kappa shape index (κ1) is 22.6. The number of halogens is 2. The van der Waals surface area contributed by atoms with Crippen LogP contribution in [0.15, 0.2) is 53.4 Å². The Hall–Kier alpha value is -3.05. The summed E-state index contributed by atoms with van der Waals surface area (Å²) in [6, 6.07) is 9.38. The van der Waals surface area contributed by atoms with E-state index in [0.717, 1.165) is 24.1 Å². The highest BCUT2D eigenvalue weighted by molar-refractivity contribution is 7.89. The number of rotatable bonds is 7. The zero-order chi connectivity index (χ0) is 22.6. The summed E-state index contributed by atoms with van der Waals surface area (Å²) in [6.45, 7) is -0.801. The van der Waals surface area contributed by atoms with E-state index in [-0.39, 0.29) is 18.7 Å². The molecule has 0 spiro atoms. The number of likely N-dealkylation sites (tertiary alicyclic amines) is 1. The minimum atomic E-state index is -4.30. The Balaban J connectivity index is 1.71. The first-order chi connectivity index (χ1) is 14.7. The van der Waals surface area contributed by atoms with Crippen LogP contribution >= 0.6 is 0 Å². The van der Waals surface area contributed by atoms with Crippen LogP contribution in [0.4, 0.5) is 8.78 Å². The maximum absolute atomic E-state index is 13.9. The fourth-order valence-corrected chi connectivity index (χ4v) is 4.29. The monoisotopic (exact) mass is 454 g/mol. The molecule has 1 N–H and O–H groups in total. The number of ether oxygens (including phenoxy) is 2. The molecule has 11 heteroatoms. The van der Waals surface area contributed by atoms with Gasteiger partial charge in [-0.1, -0.05) is 24.3 Å². The van der Waals surface area contributed by atoms with Crippen LogP contribution in [0, 0.1) is 11.6 Å². The molecule has 31 heavy (non-hydrogen) atoms. The topological polar surface area (TPSA) is 102 Å². The fourth-order valence-electron chi connectivity index (χ4n) is 3.24. The van der Waals surface area contributed by atoms with Gasteiger partial charge in [-0.15, -0.1) is 0 Å². The summed E-state index contributed by atoms with van der Waals surface area (Å²) in [5.41, 5.74) is 0. The van der Waals surface area contributed by atoms with Crippen LogP contribution in [0.25, 0.3) is 0 Å². The Labute approximate surface area is 177 Å². The quantitative estimate of drug-likeness (QED) is 0.636. The Bertz CT molecular complexity index is 1080. The van der Waals surface area contributed by atoms with Gasteiger partial charge in [-0.05, 0) is 24.3 Å². The first-order valence-electron chi connectivity index (χ1n) is 9.25. The molecule has 0 bridgehead atoms. The molecule has 1 heterocycles. The molecule has 1 fully saturated rings. The molecule has 0 aromatic heterocycles.